The van der Waals surface area contributed by atoms with Gasteiger partial charge in [0.15, 0.2) is 0 Å². The van der Waals surface area contributed by atoms with Crippen LogP contribution >= 0.6 is 0 Å². The fourth-order valence-corrected chi connectivity index (χ4v) is 4.20. The van der Waals surface area contributed by atoms with Crippen molar-refractivity contribution < 1.29 is 27.0 Å². The molecule has 0 atom stereocenters. The molecule has 0 bridgehead atoms. The third-order valence-electron chi connectivity index (χ3n) is 6.23. The van der Waals surface area contributed by atoms with E-state index in [4.69, 9.17) is 27.0 Å². The van der Waals surface area contributed by atoms with Crippen LogP contribution in [0.3, 0.4) is 0 Å². The van der Waals surface area contributed by atoms with Crippen LogP contribution < -0.4 is 16.4 Å². The fraction of sp³-hybridized carbons (Fsp3) is 0.500. The Bertz CT molecular complexity index is 850. The van der Waals surface area contributed by atoms with Gasteiger partial charge in [-0.25, -0.2) is 0 Å². The van der Waals surface area contributed by atoms with E-state index in [1.807, 2.05) is 0 Å². The van der Waals surface area contributed by atoms with E-state index in [1.165, 1.54) is 0 Å². The van der Waals surface area contributed by atoms with E-state index in [0.29, 0.717) is 0 Å². The van der Waals surface area contributed by atoms with Crippen LogP contribution in [0.2, 0.25) is 0 Å². The van der Waals surface area contributed by atoms with Crippen LogP contribution in [-0.4, -0.2) is 21.4 Å². The molecule has 174 valence electrons. The molecule has 0 saturated carbocycles. The highest BCUT2D eigenvalue weighted by molar-refractivity contribution is 6.87. The molecule has 3 aromatic rings. The minimum absolute atomic E-state index is 0.609. The summed E-state index contributed by atoms with van der Waals surface area (Å²) in [6.07, 6.45) is 19.9. The Kier molecular flexibility index (Phi) is 8.65. The van der Waals surface area contributed by atoms with Gasteiger partial charge in [-0.3, -0.25) is 0 Å². The van der Waals surface area contributed by atoms with Crippen LogP contribution in [0.25, 0.3) is 0 Å². The van der Waals surface area contributed by atoms with E-state index in [9.17, 15) is 0 Å². The minimum atomic E-state index is -0.609. The van der Waals surface area contributed by atoms with Gasteiger partial charge in [0.25, 0.3) is 0 Å². The molecule has 0 radical (unpaired) electrons. The quantitative estimate of drug-likeness (QED) is 0.389. The Morgan fingerprint density at radius 3 is 1.06 bits per heavy atom. The Morgan fingerprint density at radius 1 is 0.485 bits per heavy atom. The highest BCUT2D eigenvalue weighted by Crippen LogP contribution is 2.17. The summed E-state index contributed by atoms with van der Waals surface area (Å²) in [7, 11) is -1.83. The molecule has 3 aromatic heterocycles. The number of unbranched alkanes of at least 4 members (excludes halogenated alkanes) is 3. The summed E-state index contributed by atoms with van der Waals surface area (Å²) >= 11 is 0. The van der Waals surface area contributed by atoms with E-state index in [1.54, 1.807) is 37.6 Å². The van der Waals surface area contributed by atoms with Crippen molar-refractivity contribution in [1.29, 1.82) is 0 Å². The average Bonchev–Trinajstić information content (AvgIpc) is 3.60. The molecule has 0 unspecified atom stereocenters. The molecule has 1 saturated heterocycles. The smallest absolute Gasteiger partial charge is 0.470 e. The summed E-state index contributed by atoms with van der Waals surface area (Å²) in [5.41, 5.74) is 6.08. The maximum Gasteiger partial charge on any atom is 0.470 e. The summed E-state index contributed by atoms with van der Waals surface area (Å²) in [6, 6.07) is 0. The van der Waals surface area contributed by atoms with Crippen molar-refractivity contribution in [1.82, 2.24) is 0 Å². The molecule has 33 heavy (non-hydrogen) atoms. The zero-order chi connectivity index (χ0) is 23.0. The number of furan rings is 3. The Morgan fingerprint density at radius 2 is 0.788 bits per heavy atom. The van der Waals surface area contributed by atoms with Crippen LogP contribution in [0, 0.1) is 0 Å². The maximum absolute atomic E-state index is 6.37. The van der Waals surface area contributed by atoms with Gasteiger partial charge in [-0.15, -0.1) is 0 Å². The van der Waals surface area contributed by atoms with Gasteiger partial charge in [-0.2, -0.15) is 0 Å². The van der Waals surface area contributed by atoms with Crippen molar-refractivity contribution >= 4 is 37.7 Å². The predicted molar refractivity (Wildman–Crippen MR) is 131 cm³/mol. The van der Waals surface area contributed by atoms with Crippen LogP contribution in [0.15, 0.2) is 50.8 Å². The first-order valence-electron chi connectivity index (χ1n) is 12.4. The summed E-state index contributed by atoms with van der Waals surface area (Å²) in [5, 5.41) is 0. The van der Waals surface area contributed by atoms with Crippen LogP contribution in [0.1, 0.15) is 76.0 Å². The van der Waals surface area contributed by atoms with Crippen molar-refractivity contribution in [3.8, 4) is 0 Å². The molecule has 0 N–H and O–H groups in total. The lowest BCUT2D eigenvalue weighted by Gasteiger charge is -2.31. The number of aryl methyl sites for hydroxylation is 3. The molecule has 4 heterocycles. The van der Waals surface area contributed by atoms with Gasteiger partial charge in [0, 0.05) is 16.4 Å². The summed E-state index contributed by atoms with van der Waals surface area (Å²) < 4.78 is 35.8. The van der Waals surface area contributed by atoms with Crippen molar-refractivity contribution in [3.63, 3.8) is 0 Å². The predicted octanol–water partition coefficient (Wildman–Crippen LogP) is 4.04. The van der Waals surface area contributed by atoms with Crippen molar-refractivity contribution in [2.24, 2.45) is 0 Å². The van der Waals surface area contributed by atoms with E-state index in [2.05, 4.69) is 20.8 Å². The van der Waals surface area contributed by atoms with Gasteiger partial charge in [-0.05, 0) is 55.2 Å². The Balaban J connectivity index is 1.64. The molecular weight excluding hydrogens is 417 g/mol. The van der Waals surface area contributed by atoms with E-state index < -0.39 is 21.4 Å². The third kappa shape index (κ3) is 5.71. The molecule has 0 aliphatic carbocycles. The second-order valence-corrected chi connectivity index (χ2v) is 8.77. The second-order valence-electron chi connectivity index (χ2n) is 8.77. The monoisotopic (exact) mass is 450 g/mol. The first-order chi connectivity index (χ1) is 16.2. The second kappa shape index (κ2) is 11.9. The molecule has 1 aliphatic rings. The van der Waals surface area contributed by atoms with Crippen molar-refractivity contribution in [3.05, 3.63) is 54.3 Å². The van der Waals surface area contributed by atoms with Gasteiger partial charge in [0.05, 0.1) is 37.6 Å². The largest absolute Gasteiger partial charge is 0.473 e. The summed E-state index contributed by atoms with van der Waals surface area (Å²) in [6.45, 7) is 6.54. The van der Waals surface area contributed by atoms with Crippen LogP contribution in [0.4, 0.5) is 0 Å². The highest BCUT2D eigenvalue weighted by atomic mass is 16.7. The lowest BCUT2D eigenvalue weighted by atomic mass is 9.60. The molecule has 4 rings (SSSR count). The first-order valence-corrected chi connectivity index (χ1v) is 12.4. The zero-order valence-corrected chi connectivity index (χ0v) is 20.0. The van der Waals surface area contributed by atoms with E-state index in [0.717, 1.165) is 90.9 Å². The van der Waals surface area contributed by atoms with E-state index >= 15 is 0 Å². The maximum atomic E-state index is 6.37. The van der Waals surface area contributed by atoms with Crippen molar-refractivity contribution in [2.45, 2.75) is 78.6 Å². The SMILES string of the molecule is CCCCc1cocc1B1OB(c2cocc2CCCC)OB(c2cocc2CCCC)O1. The highest BCUT2D eigenvalue weighted by Gasteiger charge is 2.46. The van der Waals surface area contributed by atoms with Gasteiger partial charge in [0.2, 0.25) is 0 Å². The summed E-state index contributed by atoms with van der Waals surface area (Å²) in [5.74, 6) is 0. The number of rotatable bonds is 12. The van der Waals surface area contributed by atoms with Crippen LogP contribution in [0.5, 0.6) is 0 Å². The third-order valence-corrected chi connectivity index (χ3v) is 6.23. The van der Waals surface area contributed by atoms with Crippen LogP contribution in [-0.2, 0) is 33.0 Å². The van der Waals surface area contributed by atoms with E-state index in [-0.39, 0.29) is 0 Å². The molecule has 0 spiro atoms. The molecule has 1 fully saturated rings. The lowest BCUT2D eigenvalue weighted by Crippen LogP contribution is -2.62. The molecular formula is C24H33B3O6. The van der Waals surface area contributed by atoms with Gasteiger partial charge in [0.1, 0.15) is 0 Å². The number of hydrogen-bond acceptors (Lipinski definition) is 6. The van der Waals surface area contributed by atoms with Gasteiger partial charge >= 0.3 is 21.4 Å². The Labute approximate surface area is 197 Å². The minimum Gasteiger partial charge on any atom is -0.473 e. The first kappa shape index (κ1) is 24.1. The topological polar surface area (TPSA) is 67.1 Å². The standard InChI is InChI=1S/C24H33B3O6/c1-4-7-10-19-13-28-16-22(19)25-31-26(23-17-29-14-20(23)11-8-5-2)33-27(32-25)24-18-30-15-21(24)12-9-6-3/h13-18H,4-12H2,1-3H3. The number of hydrogen-bond donors (Lipinski definition) is 0. The van der Waals surface area contributed by atoms with Gasteiger partial charge in [-0.1, -0.05) is 40.0 Å². The molecule has 9 heteroatoms. The average molecular weight is 450 g/mol. The molecule has 0 amide bonds. The zero-order valence-electron chi connectivity index (χ0n) is 20.0. The van der Waals surface area contributed by atoms with Crippen molar-refractivity contribution in [2.75, 3.05) is 0 Å². The molecule has 0 aromatic carbocycles. The Hall–Kier alpha value is -2.09. The fourth-order valence-electron chi connectivity index (χ4n) is 4.20. The normalized spacial score (nSPS) is 14.5. The molecule has 6 nitrogen and oxygen atoms in total. The van der Waals surface area contributed by atoms with Gasteiger partial charge < -0.3 is 27.0 Å². The summed E-state index contributed by atoms with van der Waals surface area (Å²) in [4.78, 5) is 0. The lowest BCUT2D eigenvalue weighted by molar-refractivity contribution is 0.307. The molecule has 1 aliphatic heterocycles.